The number of hydrogen-bond donors (Lipinski definition) is 1. The number of rotatable bonds is 6. The van der Waals surface area contributed by atoms with Gasteiger partial charge in [0.25, 0.3) is 0 Å². The maximum absolute atomic E-state index is 14.1. The maximum atomic E-state index is 14.1. The Hall–Kier alpha value is -2.74. The van der Waals surface area contributed by atoms with Gasteiger partial charge >= 0.3 is 6.09 Å². The van der Waals surface area contributed by atoms with Crippen molar-refractivity contribution in [1.82, 2.24) is 9.55 Å². The standard InChI is InChI=1S/C20H21F2N3O2S/c1-12(2)6-14-7-18(27-20(26)24-19-23-13(3)11-28-19)25(9-14)10-15-4-5-16(21)8-17(15)22/h4-5,7-9,11-12H,6,10H2,1-3H3,(H,23,24,26). The SMILES string of the molecule is Cc1csc(NC(=O)Oc2cc(CC(C)C)cn2Cc2ccc(F)cc2F)n1. The molecular weight excluding hydrogens is 384 g/mol. The molecule has 0 atom stereocenters. The number of carbonyl (C=O) groups excluding carboxylic acids is 1. The number of nitrogens with zero attached hydrogens (tertiary/aromatic N) is 2. The number of nitrogens with one attached hydrogen (secondary N) is 1. The molecule has 1 amide bonds. The highest BCUT2D eigenvalue weighted by Gasteiger charge is 2.15. The zero-order valence-corrected chi connectivity index (χ0v) is 16.6. The summed E-state index contributed by atoms with van der Waals surface area (Å²) in [6.07, 6.45) is 1.92. The molecule has 1 aromatic carbocycles. The highest BCUT2D eigenvalue weighted by molar-refractivity contribution is 7.13. The van der Waals surface area contributed by atoms with Gasteiger partial charge in [-0.1, -0.05) is 19.9 Å². The first-order valence-electron chi connectivity index (χ1n) is 8.84. The molecule has 0 spiro atoms. The van der Waals surface area contributed by atoms with Crippen LogP contribution in [0, 0.1) is 24.5 Å². The molecule has 3 rings (SSSR count). The fourth-order valence-corrected chi connectivity index (χ4v) is 3.46. The van der Waals surface area contributed by atoms with Crippen LogP contribution in [-0.2, 0) is 13.0 Å². The van der Waals surface area contributed by atoms with E-state index in [1.54, 1.807) is 10.6 Å². The molecule has 1 N–H and O–H groups in total. The predicted molar refractivity (Wildman–Crippen MR) is 105 cm³/mol. The van der Waals surface area contributed by atoms with Crippen molar-refractivity contribution < 1.29 is 18.3 Å². The van der Waals surface area contributed by atoms with E-state index in [1.807, 2.05) is 18.5 Å². The van der Waals surface area contributed by atoms with E-state index in [0.29, 0.717) is 16.6 Å². The topological polar surface area (TPSA) is 56.1 Å². The number of hydrogen-bond acceptors (Lipinski definition) is 4. The number of halogens is 2. The Labute approximate surface area is 166 Å². The maximum Gasteiger partial charge on any atom is 0.420 e. The van der Waals surface area contributed by atoms with E-state index in [9.17, 15) is 13.6 Å². The quantitative estimate of drug-likeness (QED) is 0.598. The number of aromatic nitrogens is 2. The first-order chi connectivity index (χ1) is 13.3. The largest absolute Gasteiger partial charge is 0.420 e. The number of benzene rings is 1. The van der Waals surface area contributed by atoms with Gasteiger partial charge < -0.3 is 9.30 Å². The lowest BCUT2D eigenvalue weighted by Crippen LogP contribution is -2.18. The van der Waals surface area contributed by atoms with Crippen LogP contribution in [0.3, 0.4) is 0 Å². The summed E-state index contributed by atoms with van der Waals surface area (Å²) in [7, 11) is 0. The van der Waals surface area contributed by atoms with Crippen LogP contribution < -0.4 is 10.1 Å². The molecule has 0 aliphatic carbocycles. The molecule has 3 aromatic rings. The Morgan fingerprint density at radius 2 is 2.11 bits per heavy atom. The molecule has 148 valence electrons. The third kappa shape index (κ3) is 5.16. The van der Waals surface area contributed by atoms with Gasteiger partial charge in [0.05, 0.1) is 12.2 Å². The lowest BCUT2D eigenvalue weighted by molar-refractivity contribution is 0.211. The van der Waals surface area contributed by atoms with Gasteiger partial charge in [-0.25, -0.2) is 18.6 Å². The highest BCUT2D eigenvalue weighted by Crippen LogP contribution is 2.23. The van der Waals surface area contributed by atoms with Gasteiger partial charge in [-0.3, -0.25) is 5.32 Å². The molecule has 8 heteroatoms. The van der Waals surface area contributed by atoms with Gasteiger partial charge in [0, 0.05) is 29.3 Å². The van der Waals surface area contributed by atoms with Crippen LogP contribution in [0.5, 0.6) is 5.88 Å². The van der Waals surface area contributed by atoms with Crippen LogP contribution in [0.1, 0.15) is 30.7 Å². The molecule has 28 heavy (non-hydrogen) atoms. The van der Waals surface area contributed by atoms with Crippen molar-refractivity contribution >= 4 is 22.6 Å². The Balaban J connectivity index is 1.81. The third-order valence-electron chi connectivity index (χ3n) is 3.94. The summed E-state index contributed by atoms with van der Waals surface area (Å²) in [4.78, 5) is 16.4. The summed E-state index contributed by atoms with van der Waals surface area (Å²) in [6.45, 7) is 6.10. The van der Waals surface area contributed by atoms with E-state index in [2.05, 4.69) is 24.1 Å². The monoisotopic (exact) mass is 405 g/mol. The fraction of sp³-hybridized carbons (Fsp3) is 0.300. The van der Waals surface area contributed by atoms with E-state index < -0.39 is 17.7 Å². The van der Waals surface area contributed by atoms with Crippen LogP contribution in [0.2, 0.25) is 0 Å². The van der Waals surface area contributed by atoms with Gasteiger partial charge in [-0.2, -0.15) is 0 Å². The van der Waals surface area contributed by atoms with Crippen molar-refractivity contribution in [2.24, 2.45) is 5.92 Å². The summed E-state index contributed by atoms with van der Waals surface area (Å²) in [5.74, 6) is -0.597. The Kier molecular flexibility index (Phi) is 6.08. The first-order valence-corrected chi connectivity index (χ1v) is 9.72. The average molecular weight is 405 g/mol. The normalized spacial score (nSPS) is 11.1. The summed E-state index contributed by atoms with van der Waals surface area (Å²) in [6, 6.07) is 5.18. The van der Waals surface area contributed by atoms with Gasteiger partial charge in [-0.15, -0.1) is 11.3 Å². The van der Waals surface area contributed by atoms with E-state index >= 15 is 0 Å². The number of carbonyl (C=O) groups is 1. The molecule has 0 saturated heterocycles. The number of anilines is 1. The van der Waals surface area contributed by atoms with Crippen LogP contribution in [0.15, 0.2) is 35.8 Å². The zero-order valence-electron chi connectivity index (χ0n) is 15.8. The predicted octanol–water partition coefficient (Wildman–Crippen LogP) is 5.39. The minimum Gasteiger partial charge on any atom is -0.393 e. The average Bonchev–Trinajstić information content (AvgIpc) is 3.15. The van der Waals surface area contributed by atoms with Crippen LogP contribution in [0.4, 0.5) is 18.7 Å². The Morgan fingerprint density at radius 3 is 2.75 bits per heavy atom. The van der Waals surface area contributed by atoms with Gasteiger partial charge in [0.15, 0.2) is 5.13 Å². The van der Waals surface area contributed by atoms with Crippen LogP contribution >= 0.6 is 11.3 Å². The van der Waals surface area contributed by atoms with Crippen LogP contribution in [-0.4, -0.2) is 15.6 Å². The van der Waals surface area contributed by atoms with E-state index in [-0.39, 0.29) is 12.4 Å². The number of amides is 1. The Morgan fingerprint density at radius 1 is 1.32 bits per heavy atom. The van der Waals surface area contributed by atoms with Crippen molar-refractivity contribution in [2.45, 2.75) is 33.7 Å². The molecule has 0 fully saturated rings. The summed E-state index contributed by atoms with van der Waals surface area (Å²) in [5, 5.41) is 4.83. The minimum atomic E-state index is -0.677. The third-order valence-corrected chi connectivity index (χ3v) is 4.81. The molecule has 0 unspecified atom stereocenters. The lowest BCUT2D eigenvalue weighted by Gasteiger charge is -2.10. The molecule has 2 aromatic heterocycles. The first kappa shape index (κ1) is 20.0. The fourth-order valence-electron chi connectivity index (χ4n) is 2.79. The number of ether oxygens (including phenoxy) is 1. The second-order valence-corrected chi connectivity index (χ2v) is 7.81. The number of aryl methyl sites for hydroxylation is 1. The molecular formula is C20H21F2N3O2S. The van der Waals surface area contributed by atoms with Gasteiger partial charge in [-0.05, 0) is 30.9 Å². The van der Waals surface area contributed by atoms with Crippen molar-refractivity contribution in [3.63, 3.8) is 0 Å². The minimum absolute atomic E-state index is 0.114. The molecule has 2 heterocycles. The summed E-state index contributed by atoms with van der Waals surface area (Å²) < 4.78 is 34.3. The van der Waals surface area contributed by atoms with Gasteiger partial charge in [0.2, 0.25) is 5.88 Å². The van der Waals surface area contributed by atoms with E-state index in [1.165, 1.54) is 23.5 Å². The van der Waals surface area contributed by atoms with Crippen molar-refractivity contribution in [1.29, 1.82) is 0 Å². The van der Waals surface area contributed by atoms with Crippen LogP contribution in [0.25, 0.3) is 0 Å². The second kappa shape index (κ2) is 8.52. The van der Waals surface area contributed by atoms with Crippen molar-refractivity contribution in [2.75, 3.05) is 5.32 Å². The lowest BCUT2D eigenvalue weighted by atomic mass is 10.1. The summed E-state index contributed by atoms with van der Waals surface area (Å²) >= 11 is 1.30. The molecule has 0 radical (unpaired) electrons. The second-order valence-electron chi connectivity index (χ2n) is 6.96. The molecule has 5 nitrogen and oxygen atoms in total. The zero-order chi connectivity index (χ0) is 20.3. The van der Waals surface area contributed by atoms with E-state index in [4.69, 9.17) is 4.74 Å². The molecule has 0 saturated carbocycles. The highest BCUT2D eigenvalue weighted by atomic mass is 32.1. The molecule has 0 aliphatic rings. The molecule has 0 aliphatic heterocycles. The Bertz CT molecular complexity index is 982. The summed E-state index contributed by atoms with van der Waals surface area (Å²) in [5.41, 5.74) is 2.06. The van der Waals surface area contributed by atoms with Crippen molar-refractivity contribution in [3.05, 3.63) is 64.3 Å². The smallest absolute Gasteiger partial charge is 0.393 e. The van der Waals surface area contributed by atoms with Gasteiger partial charge in [0.1, 0.15) is 11.6 Å². The van der Waals surface area contributed by atoms with E-state index in [0.717, 1.165) is 23.7 Å². The molecule has 0 bridgehead atoms. The number of thiazole rings is 1. The van der Waals surface area contributed by atoms with Crippen molar-refractivity contribution in [3.8, 4) is 5.88 Å².